The molecule has 40 heavy (non-hydrogen) atoms. The first kappa shape index (κ1) is 27.5. The van der Waals surface area contributed by atoms with Gasteiger partial charge in [0.15, 0.2) is 6.04 Å². The molecular weight excluding hydrogens is 565 g/mol. The third-order valence-electron chi connectivity index (χ3n) is 8.78. The number of carbonyl (C=O) groups is 1. The fourth-order valence-electron chi connectivity index (χ4n) is 6.44. The normalized spacial score (nSPS) is 31.0. The highest BCUT2D eigenvalue weighted by atomic mass is 35.5. The molecule has 7 nitrogen and oxygen atoms in total. The third kappa shape index (κ3) is 4.41. The summed E-state index contributed by atoms with van der Waals surface area (Å²) in [6.45, 7) is 3.56. The molecule has 12 heteroatoms. The van der Waals surface area contributed by atoms with E-state index in [0.717, 1.165) is 0 Å². The lowest BCUT2D eigenvalue weighted by Gasteiger charge is -2.73. The number of aliphatic imine (C=N–C) groups is 1. The number of nitrogens with zero attached hydrogens (tertiary/aromatic N) is 2. The lowest BCUT2D eigenvalue weighted by molar-refractivity contribution is -0.151. The number of hydrogen-bond donors (Lipinski definition) is 2. The maximum absolute atomic E-state index is 14.2. The van der Waals surface area contributed by atoms with Crippen molar-refractivity contribution in [1.29, 1.82) is 0 Å². The summed E-state index contributed by atoms with van der Waals surface area (Å²) in [4.78, 5) is 17.7. The zero-order valence-electron chi connectivity index (χ0n) is 22.1. The van der Waals surface area contributed by atoms with Crippen molar-refractivity contribution in [1.82, 2.24) is 14.9 Å². The molecule has 4 aliphatic carbocycles. The minimum Gasteiger partial charge on any atom is -0.366 e. The van der Waals surface area contributed by atoms with E-state index in [2.05, 4.69) is 10.6 Å². The Kier molecular flexibility index (Phi) is 6.15. The maximum Gasteiger partial charge on any atom is 0.253 e. The summed E-state index contributed by atoms with van der Waals surface area (Å²) in [5.74, 6) is -3.93. The molecule has 2 aromatic rings. The number of nitrogens with one attached hydrogen (secondary N) is 2. The Balaban J connectivity index is 1.22. The van der Waals surface area contributed by atoms with Crippen molar-refractivity contribution in [2.45, 2.75) is 74.0 Å². The Morgan fingerprint density at radius 3 is 2.40 bits per heavy atom. The van der Waals surface area contributed by atoms with E-state index in [1.165, 1.54) is 28.6 Å². The minimum atomic E-state index is -3.93. The number of alkyl halides is 2. The fraction of sp³-hybridized carbons (Fsp3) is 0.500. The summed E-state index contributed by atoms with van der Waals surface area (Å²) < 4.78 is 69.9. The van der Waals surface area contributed by atoms with Gasteiger partial charge in [-0.2, -0.15) is 4.31 Å². The van der Waals surface area contributed by atoms with Crippen LogP contribution in [0.2, 0.25) is 5.02 Å². The molecule has 0 spiro atoms. The molecule has 0 radical (unpaired) electrons. The maximum atomic E-state index is 14.2. The van der Waals surface area contributed by atoms with Crippen molar-refractivity contribution >= 4 is 33.4 Å². The van der Waals surface area contributed by atoms with Crippen molar-refractivity contribution in [2.24, 2.45) is 16.3 Å². The quantitative estimate of drug-likeness (QED) is 0.447. The number of amides is 1. The molecule has 1 heterocycles. The standard InChI is InChI=1S/C28H30ClF3N4O3S/c1-25(2)22(23(37)33-12-18-11-28(18,31)32)34-24(35-25)26-14-27(15-26,16-26)36(13-17-8-9-20(29)21(30)10-17)40(38,39)19-6-4-3-5-7-19/h3-10,18,22H,11-16H2,1-2H3,(H,33,37)(H,34,35)/t18-,22+,26?,27?/m1/s1. The number of rotatable bonds is 9. The van der Waals surface area contributed by atoms with E-state index in [1.807, 2.05) is 13.8 Å². The second-order valence-corrected chi connectivity index (χ2v) is 14.5. The van der Waals surface area contributed by atoms with E-state index in [-0.39, 0.29) is 29.4 Å². The molecular formula is C28H30ClF3N4O3S. The first-order chi connectivity index (χ1) is 18.7. The molecule has 2 N–H and O–H groups in total. The number of hydrogen-bond acceptors (Lipinski definition) is 5. The first-order valence-corrected chi connectivity index (χ1v) is 15.0. The van der Waals surface area contributed by atoms with Crippen molar-refractivity contribution in [2.75, 3.05) is 6.54 Å². The summed E-state index contributed by atoms with van der Waals surface area (Å²) >= 11 is 5.85. The highest BCUT2D eigenvalue weighted by molar-refractivity contribution is 7.89. The van der Waals surface area contributed by atoms with Gasteiger partial charge in [-0.3, -0.25) is 9.79 Å². The van der Waals surface area contributed by atoms with E-state index < -0.39 is 56.1 Å². The Morgan fingerprint density at radius 1 is 1.15 bits per heavy atom. The van der Waals surface area contributed by atoms with Gasteiger partial charge in [-0.25, -0.2) is 21.6 Å². The Labute approximate surface area is 236 Å². The molecule has 0 aromatic heterocycles. The summed E-state index contributed by atoms with van der Waals surface area (Å²) in [7, 11) is -3.93. The van der Waals surface area contributed by atoms with E-state index in [4.69, 9.17) is 16.6 Å². The smallest absolute Gasteiger partial charge is 0.253 e. The van der Waals surface area contributed by atoms with Crippen LogP contribution in [-0.4, -0.2) is 54.1 Å². The van der Waals surface area contributed by atoms with E-state index in [0.29, 0.717) is 30.7 Å². The van der Waals surface area contributed by atoms with E-state index in [9.17, 15) is 26.4 Å². The molecule has 214 valence electrons. The molecule has 1 aliphatic heterocycles. The lowest BCUT2D eigenvalue weighted by atomic mass is 9.38. The van der Waals surface area contributed by atoms with E-state index >= 15 is 0 Å². The highest BCUT2D eigenvalue weighted by Crippen LogP contribution is 2.71. The van der Waals surface area contributed by atoms with Gasteiger partial charge in [0.2, 0.25) is 15.9 Å². The summed E-state index contributed by atoms with van der Waals surface area (Å²) in [6.07, 6.45) is 1.26. The summed E-state index contributed by atoms with van der Waals surface area (Å²) in [5.41, 5.74) is -1.34. The highest BCUT2D eigenvalue weighted by Gasteiger charge is 2.75. The Bertz CT molecular complexity index is 1500. The lowest BCUT2D eigenvalue weighted by Crippen LogP contribution is -2.78. The average Bonchev–Trinajstić information content (AvgIpc) is 3.33. The van der Waals surface area contributed by atoms with Crippen LogP contribution in [0.4, 0.5) is 13.2 Å². The first-order valence-electron chi connectivity index (χ1n) is 13.2. The molecule has 4 fully saturated rings. The van der Waals surface area contributed by atoms with Crippen LogP contribution in [0.15, 0.2) is 58.4 Å². The molecule has 0 unspecified atom stereocenters. The number of halogens is 4. The number of benzene rings is 2. The number of carbonyl (C=O) groups excluding carboxylic acids is 1. The van der Waals surface area contributed by atoms with Crippen molar-refractivity contribution < 1.29 is 26.4 Å². The van der Waals surface area contributed by atoms with Crippen LogP contribution in [0, 0.1) is 17.2 Å². The Hall–Kier alpha value is -2.63. The molecule has 1 amide bonds. The van der Waals surface area contributed by atoms with Crippen molar-refractivity contribution in [3.63, 3.8) is 0 Å². The predicted molar refractivity (Wildman–Crippen MR) is 144 cm³/mol. The molecule has 2 aromatic carbocycles. The largest absolute Gasteiger partial charge is 0.366 e. The van der Waals surface area contributed by atoms with Gasteiger partial charge in [-0.05, 0) is 62.9 Å². The number of amidine groups is 1. The molecule has 5 aliphatic rings. The van der Waals surface area contributed by atoms with Crippen molar-refractivity contribution in [3.8, 4) is 0 Å². The van der Waals surface area contributed by atoms with Gasteiger partial charge in [-0.1, -0.05) is 35.9 Å². The second-order valence-electron chi connectivity index (χ2n) is 12.2. The van der Waals surface area contributed by atoms with Gasteiger partial charge in [0.1, 0.15) is 11.7 Å². The zero-order chi connectivity index (χ0) is 28.7. The van der Waals surface area contributed by atoms with Crippen LogP contribution >= 0.6 is 11.6 Å². The van der Waals surface area contributed by atoms with Gasteiger partial charge < -0.3 is 10.6 Å². The van der Waals surface area contributed by atoms with Gasteiger partial charge in [0, 0.05) is 36.4 Å². The third-order valence-corrected chi connectivity index (χ3v) is 11.1. The van der Waals surface area contributed by atoms with Crippen molar-refractivity contribution in [3.05, 3.63) is 64.9 Å². The minimum absolute atomic E-state index is 0.0242. The molecule has 2 bridgehead atoms. The van der Waals surface area contributed by atoms with Gasteiger partial charge in [0.25, 0.3) is 5.92 Å². The molecule has 4 saturated carbocycles. The van der Waals surface area contributed by atoms with Crippen LogP contribution in [0.3, 0.4) is 0 Å². The predicted octanol–water partition coefficient (Wildman–Crippen LogP) is 4.51. The van der Waals surface area contributed by atoms with Crippen LogP contribution in [-0.2, 0) is 21.4 Å². The van der Waals surface area contributed by atoms with Gasteiger partial charge >= 0.3 is 0 Å². The van der Waals surface area contributed by atoms with Crippen LogP contribution in [0.5, 0.6) is 0 Å². The van der Waals surface area contributed by atoms with Gasteiger partial charge in [-0.15, -0.1) is 0 Å². The summed E-state index contributed by atoms with van der Waals surface area (Å²) in [6, 6.07) is 11.6. The summed E-state index contributed by atoms with van der Waals surface area (Å²) in [5, 5.41) is 5.95. The fourth-order valence-corrected chi connectivity index (χ4v) is 8.34. The Morgan fingerprint density at radius 2 is 1.80 bits per heavy atom. The zero-order valence-corrected chi connectivity index (χ0v) is 23.6. The van der Waals surface area contributed by atoms with E-state index in [1.54, 1.807) is 24.3 Å². The van der Waals surface area contributed by atoms with Gasteiger partial charge in [0.05, 0.1) is 15.5 Å². The monoisotopic (exact) mass is 594 g/mol. The number of sulfonamides is 1. The SMILES string of the molecule is CC1(C)NC(C23CC(N(Cc4ccc(Cl)c(F)c4)S(=O)(=O)c4ccccc4)(C2)C3)=N[C@H]1C(=O)NC[C@H]1CC1(F)F. The topological polar surface area (TPSA) is 90.9 Å². The van der Waals surface area contributed by atoms with Crippen LogP contribution in [0.25, 0.3) is 0 Å². The molecule has 2 atom stereocenters. The molecule has 0 saturated heterocycles. The molecule has 7 rings (SSSR count). The van der Waals surface area contributed by atoms with Crippen LogP contribution in [0.1, 0.15) is 45.1 Å². The average molecular weight is 595 g/mol. The van der Waals surface area contributed by atoms with Crippen LogP contribution < -0.4 is 10.6 Å². The second kappa shape index (κ2) is 8.93.